The Balaban J connectivity index is 1.88. The molecule has 1 atom stereocenters. The summed E-state index contributed by atoms with van der Waals surface area (Å²) >= 11 is 5.91. The third kappa shape index (κ3) is 3.96. The maximum Gasteiger partial charge on any atom is 0.272 e. The van der Waals surface area contributed by atoms with Gasteiger partial charge in [0, 0.05) is 29.4 Å². The van der Waals surface area contributed by atoms with Gasteiger partial charge in [-0.3, -0.25) is 9.59 Å². The third-order valence-electron chi connectivity index (χ3n) is 4.29. The number of aromatic nitrogens is 2. The third-order valence-corrected chi connectivity index (χ3v) is 4.54. The summed E-state index contributed by atoms with van der Waals surface area (Å²) in [6, 6.07) is 8.80. The normalized spacial score (nSPS) is 17.4. The van der Waals surface area contributed by atoms with Crippen LogP contribution in [0.1, 0.15) is 29.0 Å². The number of aryl methyl sites for hydroxylation is 1. The standard InChI is InChI=1S/C18H19ClN4O2/c1-11-9-15(18(25)23-8-2-3-13(10-23)16(20)24)22-17(21-11)12-4-6-14(19)7-5-12/h4-7,9,13H,2-3,8,10H2,1H3,(H2,20,24). The Morgan fingerprint density at radius 1 is 1.24 bits per heavy atom. The van der Waals surface area contributed by atoms with Crippen molar-refractivity contribution in [2.75, 3.05) is 13.1 Å². The number of nitrogens with zero attached hydrogens (tertiary/aromatic N) is 3. The first-order chi connectivity index (χ1) is 11.9. The van der Waals surface area contributed by atoms with E-state index in [1.165, 1.54) is 0 Å². The van der Waals surface area contributed by atoms with E-state index < -0.39 is 0 Å². The monoisotopic (exact) mass is 358 g/mol. The Hall–Kier alpha value is -2.47. The first-order valence-corrected chi connectivity index (χ1v) is 8.52. The number of hydrogen-bond acceptors (Lipinski definition) is 4. The quantitative estimate of drug-likeness (QED) is 0.912. The molecule has 1 unspecified atom stereocenters. The second-order valence-electron chi connectivity index (χ2n) is 6.22. The van der Waals surface area contributed by atoms with Crippen molar-refractivity contribution in [2.24, 2.45) is 11.7 Å². The number of nitrogens with two attached hydrogens (primary N) is 1. The van der Waals surface area contributed by atoms with Crippen LogP contribution in [-0.2, 0) is 4.79 Å². The lowest BCUT2D eigenvalue weighted by Gasteiger charge is -2.31. The molecule has 130 valence electrons. The highest BCUT2D eigenvalue weighted by atomic mass is 35.5. The Bertz CT molecular complexity index is 807. The second kappa shape index (κ2) is 7.19. The first-order valence-electron chi connectivity index (χ1n) is 8.14. The molecule has 25 heavy (non-hydrogen) atoms. The van der Waals surface area contributed by atoms with E-state index in [1.54, 1.807) is 23.1 Å². The van der Waals surface area contributed by atoms with Crippen molar-refractivity contribution >= 4 is 23.4 Å². The zero-order chi connectivity index (χ0) is 18.0. The van der Waals surface area contributed by atoms with Crippen LogP contribution in [0.3, 0.4) is 0 Å². The van der Waals surface area contributed by atoms with Crippen LogP contribution in [0.5, 0.6) is 0 Å². The van der Waals surface area contributed by atoms with Crippen LogP contribution >= 0.6 is 11.6 Å². The molecule has 7 heteroatoms. The van der Waals surface area contributed by atoms with Crippen LogP contribution in [0.15, 0.2) is 30.3 Å². The van der Waals surface area contributed by atoms with Gasteiger partial charge in [0.1, 0.15) is 5.69 Å². The van der Waals surface area contributed by atoms with E-state index >= 15 is 0 Å². The number of hydrogen-bond donors (Lipinski definition) is 1. The summed E-state index contributed by atoms with van der Waals surface area (Å²) in [5.41, 5.74) is 7.20. The molecule has 2 heterocycles. The fourth-order valence-electron chi connectivity index (χ4n) is 2.96. The molecule has 2 aromatic rings. The first kappa shape index (κ1) is 17.4. The Morgan fingerprint density at radius 2 is 1.96 bits per heavy atom. The van der Waals surface area contributed by atoms with Gasteiger partial charge in [-0.05, 0) is 50.1 Å². The molecule has 0 spiro atoms. The molecule has 1 aliphatic heterocycles. The van der Waals surface area contributed by atoms with Gasteiger partial charge in [0.2, 0.25) is 5.91 Å². The molecule has 2 N–H and O–H groups in total. The number of primary amides is 1. The Kier molecular flexibility index (Phi) is 4.99. The van der Waals surface area contributed by atoms with E-state index in [0.717, 1.165) is 18.4 Å². The van der Waals surface area contributed by atoms with Gasteiger partial charge in [-0.2, -0.15) is 0 Å². The molecule has 6 nitrogen and oxygen atoms in total. The maximum atomic E-state index is 12.8. The Labute approximate surface area is 151 Å². The van der Waals surface area contributed by atoms with Gasteiger partial charge in [-0.25, -0.2) is 9.97 Å². The van der Waals surface area contributed by atoms with E-state index in [9.17, 15) is 9.59 Å². The highest BCUT2D eigenvalue weighted by Gasteiger charge is 2.28. The van der Waals surface area contributed by atoms with Gasteiger partial charge in [0.25, 0.3) is 5.91 Å². The summed E-state index contributed by atoms with van der Waals surface area (Å²) in [7, 11) is 0. The lowest BCUT2D eigenvalue weighted by molar-refractivity contribution is -0.123. The van der Waals surface area contributed by atoms with Gasteiger partial charge >= 0.3 is 0 Å². The molecule has 1 aliphatic rings. The summed E-state index contributed by atoms with van der Waals surface area (Å²) in [6.07, 6.45) is 1.48. The van der Waals surface area contributed by atoms with E-state index in [1.807, 2.05) is 19.1 Å². The number of halogens is 1. The summed E-state index contributed by atoms with van der Waals surface area (Å²) in [4.78, 5) is 34.7. The molecular formula is C18H19ClN4O2. The molecule has 0 aliphatic carbocycles. The van der Waals surface area contributed by atoms with Crippen LogP contribution in [0.2, 0.25) is 5.02 Å². The fourth-order valence-corrected chi connectivity index (χ4v) is 3.09. The second-order valence-corrected chi connectivity index (χ2v) is 6.65. The van der Waals surface area contributed by atoms with Gasteiger partial charge < -0.3 is 10.6 Å². The van der Waals surface area contributed by atoms with Gasteiger partial charge in [-0.1, -0.05) is 11.6 Å². The topological polar surface area (TPSA) is 89.2 Å². The molecule has 1 saturated heterocycles. The van der Waals surface area contributed by atoms with Crippen molar-refractivity contribution < 1.29 is 9.59 Å². The summed E-state index contributed by atoms with van der Waals surface area (Å²) in [5, 5.41) is 0.624. The number of amides is 2. The van der Waals surface area contributed by atoms with E-state index in [2.05, 4.69) is 9.97 Å². The predicted octanol–water partition coefficient (Wildman–Crippen LogP) is 2.44. The molecule has 2 amide bonds. The minimum absolute atomic E-state index is 0.202. The molecule has 0 radical (unpaired) electrons. The lowest BCUT2D eigenvalue weighted by atomic mass is 9.97. The van der Waals surface area contributed by atoms with Crippen molar-refractivity contribution in [2.45, 2.75) is 19.8 Å². The molecule has 0 bridgehead atoms. The molecule has 1 aromatic heterocycles. The van der Waals surface area contributed by atoms with Crippen LogP contribution in [-0.4, -0.2) is 39.8 Å². The van der Waals surface area contributed by atoms with E-state index in [0.29, 0.717) is 35.3 Å². The summed E-state index contributed by atoms with van der Waals surface area (Å²) < 4.78 is 0. The van der Waals surface area contributed by atoms with Crippen molar-refractivity contribution in [3.05, 3.63) is 46.7 Å². The number of likely N-dealkylation sites (tertiary alicyclic amines) is 1. The molecular weight excluding hydrogens is 340 g/mol. The Morgan fingerprint density at radius 3 is 2.64 bits per heavy atom. The van der Waals surface area contributed by atoms with Gasteiger partial charge in [0.15, 0.2) is 5.82 Å². The highest BCUT2D eigenvalue weighted by Crippen LogP contribution is 2.21. The number of rotatable bonds is 3. The van der Waals surface area contributed by atoms with E-state index in [4.69, 9.17) is 17.3 Å². The van der Waals surface area contributed by atoms with Crippen molar-refractivity contribution in [3.63, 3.8) is 0 Å². The zero-order valence-electron chi connectivity index (χ0n) is 13.9. The molecule has 1 fully saturated rings. The number of benzene rings is 1. The average molecular weight is 359 g/mol. The van der Waals surface area contributed by atoms with Crippen molar-refractivity contribution in [1.29, 1.82) is 0 Å². The molecule has 0 saturated carbocycles. The number of piperidine rings is 1. The van der Waals surface area contributed by atoms with E-state index in [-0.39, 0.29) is 17.7 Å². The highest BCUT2D eigenvalue weighted by molar-refractivity contribution is 6.30. The summed E-state index contributed by atoms with van der Waals surface area (Å²) in [5.74, 6) is -0.385. The van der Waals surface area contributed by atoms with Crippen molar-refractivity contribution in [3.8, 4) is 11.4 Å². The van der Waals surface area contributed by atoms with Crippen LogP contribution in [0.4, 0.5) is 0 Å². The number of carbonyl (C=O) groups excluding carboxylic acids is 2. The lowest BCUT2D eigenvalue weighted by Crippen LogP contribution is -2.44. The average Bonchev–Trinajstić information content (AvgIpc) is 2.61. The SMILES string of the molecule is Cc1cc(C(=O)N2CCCC(C(N)=O)C2)nc(-c2ccc(Cl)cc2)n1. The van der Waals surface area contributed by atoms with Gasteiger partial charge in [0.05, 0.1) is 5.92 Å². The molecule has 1 aromatic carbocycles. The van der Waals surface area contributed by atoms with Crippen LogP contribution < -0.4 is 5.73 Å². The minimum Gasteiger partial charge on any atom is -0.369 e. The summed E-state index contributed by atoms with van der Waals surface area (Å²) in [6.45, 7) is 2.76. The zero-order valence-corrected chi connectivity index (χ0v) is 14.7. The predicted molar refractivity (Wildman–Crippen MR) is 95.0 cm³/mol. The number of carbonyl (C=O) groups is 2. The maximum absolute atomic E-state index is 12.8. The van der Waals surface area contributed by atoms with Crippen LogP contribution in [0, 0.1) is 12.8 Å². The van der Waals surface area contributed by atoms with Crippen LogP contribution in [0.25, 0.3) is 11.4 Å². The largest absolute Gasteiger partial charge is 0.369 e. The minimum atomic E-state index is -0.363. The van der Waals surface area contributed by atoms with Gasteiger partial charge in [-0.15, -0.1) is 0 Å². The molecule has 3 rings (SSSR count). The fraction of sp³-hybridized carbons (Fsp3) is 0.333. The smallest absolute Gasteiger partial charge is 0.272 e. The van der Waals surface area contributed by atoms with Crippen molar-refractivity contribution in [1.82, 2.24) is 14.9 Å².